The molecule has 6 heteroatoms. The Morgan fingerprint density at radius 3 is 2.82 bits per heavy atom. The van der Waals surface area contributed by atoms with E-state index in [9.17, 15) is 14.3 Å². The standard InChI is InChI=1S/C16H11ClFNO2S/c1-8-11-7-10(18)3-5-14(11)22-15(8)16(21)19-12-6-9(17)2-4-13(12)20/h2-7,20H,1H3,(H,19,21). The van der Waals surface area contributed by atoms with E-state index in [0.29, 0.717) is 20.8 Å². The number of phenolic OH excluding ortho intramolecular Hbond substituents is 1. The van der Waals surface area contributed by atoms with Gasteiger partial charge in [-0.3, -0.25) is 4.79 Å². The summed E-state index contributed by atoms with van der Waals surface area (Å²) in [5, 5.41) is 13.5. The molecule has 0 fully saturated rings. The van der Waals surface area contributed by atoms with Gasteiger partial charge in [-0.05, 0) is 54.3 Å². The first-order valence-corrected chi connectivity index (χ1v) is 7.63. The molecule has 22 heavy (non-hydrogen) atoms. The third-order valence-corrected chi connectivity index (χ3v) is 4.82. The Morgan fingerprint density at radius 2 is 2.05 bits per heavy atom. The molecule has 0 saturated carbocycles. The number of hydrogen-bond donors (Lipinski definition) is 2. The molecular formula is C16H11ClFNO2S. The van der Waals surface area contributed by atoms with Crippen molar-refractivity contribution in [2.45, 2.75) is 6.92 Å². The highest BCUT2D eigenvalue weighted by molar-refractivity contribution is 7.21. The van der Waals surface area contributed by atoms with Crippen molar-refractivity contribution in [3.8, 4) is 5.75 Å². The van der Waals surface area contributed by atoms with Crippen molar-refractivity contribution in [3.63, 3.8) is 0 Å². The van der Waals surface area contributed by atoms with Crippen LogP contribution in [0.3, 0.4) is 0 Å². The van der Waals surface area contributed by atoms with Crippen LogP contribution in [0.5, 0.6) is 5.75 Å². The number of carbonyl (C=O) groups excluding carboxylic acids is 1. The number of anilines is 1. The van der Waals surface area contributed by atoms with Crippen molar-refractivity contribution in [1.82, 2.24) is 0 Å². The van der Waals surface area contributed by atoms with Gasteiger partial charge in [0.15, 0.2) is 0 Å². The molecule has 2 aromatic carbocycles. The fourth-order valence-electron chi connectivity index (χ4n) is 2.20. The average molecular weight is 336 g/mol. The van der Waals surface area contributed by atoms with Crippen LogP contribution in [-0.2, 0) is 0 Å². The average Bonchev–Trinajstić information content (AvgIpc) is 2.80. The van der Waals surface area contributed by atoms with Crippen molar-refractivity contribution in [2.24, 2.45) is 0 Å². The first-order chi connectivity index (χ1) is 10.5. The highest BCUT2D eigenvalue weighted by Crippen LogP contribution is 2.33. The first-order valence-electron chi connectivity index (χ1n) is 6.44. The van der Waals surface area contributed by atoms with Crippen LogP contribution in [0.4, 0.5) is 10.1 Å². The van der Waals surface area contributed by atoms with Gasteiger partial charge in [-0.2, -0.15) is 0 Å². The summed E-state index contributed by atoms with van der Waals surface area (Å²) >= 11 is 7.13. The SMILES string of the molecule is Cc1c(C(=O)Nc2cc(Cl)ccc2O)sc2ccc(F)cc12. The third-order valence-electron chi connectivity index (χ3n) is 3.31. The fraction of sp³-hybridized carbons (Fsp3) is 0.0625. The Hall–Kier alpha value is -2.11. The number of hydrogen-bond acceptors (Lipinski definition) is 3. The van der Waals surface area contributed by atoms with Crippen LogP contribution in [-0.4, -0.2) is 11.0 Å². The van der Waals surface area contributed by atoms with E-state index in [-0.39, 0.29) is 23.2 Å². The van der Waals surface area contributed by atoms with Crippen LogP contribution in [0, 0.1) is 12.7 Å². The van der Waals surface area contributed by atoms with Crippen molar-refractivity contribution in [1.29, 1.82) is 0 Å². The van der Waals surface area contributed by atoms with Gasteiger partial charge < -0.3 is 10.4 Å². The monoisotopic (exact) mass is 335 g/mol. The number of aromatic hydroxyl groups is 1. The van der Waals surface area contributed by atoms with E-state index in [2.05, 4.69) is 5.32 Å². The lowest BCUT2D eigenvalue weighted by atomic mass is 10.1. The van der Waals surface area contributed by atoms with Crippen LogP contribution >= 0.6 is 22.9 Å². The van der Waals surface area contributed by atoms with Crippen LogP contribution in [0.15, 0.2) is 36.4 Å². The molecule has 3 aromatic rings. The van der Waals surface area contributed by atoms with Crippen molar-refractivity contribution in [2.75, 3.05) is 5.32 Å². The summed E-state index contributed by atoms with van der Waals surface area (Å²) in [4.78, 5) is 12.9. The van der Waals surface area contributed by atoms with Gasteiger partial charge in [0.1, 0.15) is 11.6 Å². The van der Waals surface area contributed by atoms with Crippen molar-refractivity contribution < 1.29 is 14.3 Å². The fourth-order valence-corrected chi connectivity index (χ4v) is 3.45. The number of amides is 1. The van der Waals surface area contributed by atoms with Crippen LogP contribution in [0.1, 0.15) is 15.2 Å². The Balaban J connectivity index is 1.99. The van der Waals surface area contributed by atoms with Crippen LogP contribution < -0.4 is 5.32 Å². The topological polar surface area (TPSA) is 49.3 Å². The predicted molar refractivity (Wildman–Crippen MR) is 87.6 cm³/mol. The van der Waals surface area contributed by atoms with E-state index >= 15 is 0 Å². The number of nitrogens with one attached hydrogen (secondary N) is 1. The van der Waals surface area contributed by atoms with E-state index in [1.807, 2.05) is 0 Å². The number of thiophene rings is 1. The molecule has 0 bridgehead atoms. The molecule has 112 valence electrons. The van der Waals surface area contributed by atoms with E-state index in [1.165, 1.54) is 41.7 Å². The van der Waals surface area contributed by atoms with Crippen LogP contribution in [0.2, 0.25) is 5.02 Å². The Labute approximate surface area is 135 Å². The molecule has 1 heterocycles. The number of fused-ring (bicyclic) bond motifs is 1. The summed E-state index contributed by atoms with van der Waals surface area (Å²) < 4.78 is 14.2. The van der Waals surface area contributed by atoms with Gasteiger partial charge in [0.2, 0.25) is 0 Å². The molecule has 0 atom stereocenters. The lowest BCUT2D eigenvalue weighted by Crippen LogP contribution is -2.11. The molecule has 1 aromatic heterocycles. The normalized spacial score (nSPS) is 10.9. The minimum Gasteiger partial charge on any atom is -0.506 e. The molecule has 0 aliphatic heterocycles. The summed E-state index contributed by atoms with van der Waals surface area (Å²) in [6.45, 7) is 1.77. The minimum absolute atomic E-state index is 0.0671. The lowest BCUT2D eigenvalue weighted by molar-refractivity contribution is 0.102. The van der Waals surface area contributed by atoms with Crippen LogP contribution in [0.25, 0.3) is 10.1 Å². The van der Waals surface area contributed by atoms with Crippen molar-refractivity contribution >= 4 is 44.6 Å². The Bertz CT molecular complexity index is 891. The van der Waals surface area contributed by atoms with Crippen molar-refractivity contribution in [3.05, 3.63) is 57.7 Å². The summed E-state index contributed by atoms with van der Waals surface area (Å²) in [5.74, 6) is -0.771. The lowest BCUT2D eigenvalue weighted by Gasteiger charge is -2.07. The molecule has 0 radical (unpaired) electrons. The molecule has 2 N–H and O–H groups in total. The smallest absolute Gasteiger partial charge is 0.266 e. The first kappa shape index (κ1) is 14.8. The second-order valence-corrected chi connectivity index (χ2v) is 6.30. The van der Waals surface area contributed by atoms with E-state index in [4.69, 9.17) is 11.6 Å². The number of carbonyl (C=O) groups is 1. The maximum absolute atomic E-state index is 13.3. The zero-order valence-corrected chi connectivity index (χ0v) is 13.1. The third kappa shape index (κ3) is 2.65. The molecule has 0 unspecified atom stereocenters. The highest BCUT2D eigenvalue weighted by Gasteiger charge is 2.17. The minimum atomic E-state index is -0.364. The Kier molecular flexibility index (Phi) is 3.76. The van der Waals surface area contributed by atoms with E-state index in [1.54, 1.807) is 13.0 Å². The molecule has 0 aliphatic carbocycles. The van der Waals surface area contributed by atoms with Gasteiger partial charge in [-0.25, -0.2) is 4.39 Å². The zero-order valence-electron chi connectivity index (χ0n) is 11.5. The molecule has 0 spiro atoms. The summed E-state index contributed by atoms with van der Waals surface area (Å²) in [7, 11) is 0. The zero-order chi connectivity index (χ0) is 15.9. The summed E-state index contributed by atoms with van der Waals surface area (Å²) in [6.07, 6.45) is 0. The number of benzene rings is 2. The van der Waals surface area contributed by atoms with E-state index < -0.39 is 0 Å². The maximum atomic E-state index is 13.3. The maximum Gasteiger partial charge on any atom is 0.266 e. The second kappa shape index (κ2) is 5.59. The molecule has 1 amide bonds. The van der Waals surface area contributed by atoms with Gasteiger partial charge in [0.05, 0.1) is 10.6 Å². The quantitative estimate of drug-likeness (QED) is 0.650. The molecular weight excluding hydrogens is 325 g/mol. The number of rotatable bonds is 2. The predicted octanol–water partition coefficient (Wildman–Crippen LogP) is 4.96. The van der Waals surface area contributed by atoms with Gasteiger partial charge in [-0.1, -0.05) is 11.6 Å². The number of aryl methyl sites for hydroxylation is 1. The highest BCUT2D eigenvalue weighted by atomic mass is 35.5. The molecule has 0 saturated heterocycles. The number of phenols is 1. The second-order valence-electron chi connectivity index (χ2n) is 4.81. The van der Waals surface area contributed by atoms with Gasteiger partial charge in [0, 0.05) is 9.72 Å². The molecule has 3 nitrogen and oxygen atoms in total. The van der Waals surface area contributed by atoms with Gasteiger partial charge in [0.25, 0.3) is 5.91 Å². The van der Waals surface area contributed by atoms with Gasteiger partial charge in [-0.15, -0.1) is 11.3 Å². The summed E-state index contributed by atoms with van der Waals surface area (Å²) in [6, 6.07) is 8.83. The van der Waals surface area contributed by atoms with E-state index in [0.717, 1.165) is 4.70 Å². The summed E-state index contributed by atoms with van der Waals surface area (Å²) in [5.41, 5.74) is 0.944. The molecule has 0 aliphatic rings. The largest absolute Gasteiger partial charge is 0.506 e. The molecule has 3 rings (SSSR count). The number of halogens is 2. The Morgan fingerprint density at radius 1 is 1.27 bits per heavy atom. The van der Waals surface area contributed by atoms with Gasteiger partial charge >= 0.3 is 0 Å².